The highest BCUT2D eigenvalue weighted by atomic mass is 79.9. The Morgan fingerprint density at radius 1 is 1.19 bits per heavy atom. The summed E-state index contributed by atoms with van der Waals surface area (Å²) < 4.78 is 4.56. The predicted molar refractivity (Wildman–Crippen MR) is 55.6 cm³/mol. The number of carbonyl (C=O) groups excluding carboxylic acids is 1. The van der Waals surface area contributed by atoms with Gasteiger partial charge in [0.25, 0.3) is 0 Å². The molecular weight excluding hydrogens is 288 g/mol. The second kappa shape index (κ2) is 7.28. The zero-order valence-corrected chi connectivity index (χ0v) is 10.1. The molecule has 1 fully saturated rings. The third-order valence-corrected chi connectivity index (χ3v) is 1.87. The van der Waals surface area contributed by atoms with Crippen molar-refractivity contribution in [3.05, 3.63) is 0 Å². The van der Waals surface area contributed by atoms with Crippen molar-refractivity contribution in [2.24, 2.45) is 0 Å². The van der Waals surface area contributed by atoms with Crippen molar-refractivity contribution in [3.63, 3.8) is 0 Å². The first-order chi connectivity index (χ1) is 7.31. The SMILES string of the molecule is CC(=O)Br.OC[C@H]1O[C@H](O)[C@H](O)[C@@H](O)[C@@H]1O. The Bertz CT molecular complexity index is 216. The number of hydrogen-bond donors (Lipinski definition) is 5. The second-order valence-corrected chi connectivity index (χ2v) is 4.31. The van der Waals surface area contributed by atoms with Crippen LogP contribution >= 0.6 is 15.9 Å². The van der Waals surface area contributed by atoms with Crippen molar-refractivity contribution < 1.29 is 35.1 Å². The topological polar surface area (TPSA) is 127 Å². The first kappa shape index (κ1) is 15.9. The molecule has 16 heavy (non-hydrogen) atoms. The van der Waals surface area contributed by atoms with E-state index >= 15 is 0 Å². The number of halogens is 1. The van der Waals surface area contributed by atoms with Crippen molar-refractivity contribution in [2.45, 2.75) is 37.6 Å². The highest BCUT2D eigenvalue weighted by Gasteiger charge is 2.42. The molecule has 0 amide bonds. The van der Waals surface area contributed by atoms with Crippen molar-refractivity contribution in [1.82, 2.24) is 0 Å². The molecule has 0 saturated carbocycles. The molecule has 0 radical (unpaired) electrons. The third kappa shape index (κ3) is 4.83. The van der Waals surface area contributed by atoms with Crippen LogP contribution in [0.5, 0.6) is 0 Å². The number of carbonyl (C=O) groups is 1. The maximum absolute atomic E-state index is 9.36. The molecule has 8 heteroatoms. The van der Waals surface area contributed by atoms with E-state index in [1.807, 2.05) is 0 Å². The maximum atomic E-state index is 9.36. The second-order valence-electron chi connectivity index (χ2n) is 3.19. The van der Waals surface area contributed by atoms with E-state index < -0.39 is 37.3 Å². The third-order valence-electron chi connectivity index (χ3n) is 1.87. The van der Waals surface area contributed by atoms with E-state index in [9.17, 15) is 4.79 Å². The van der Waals surface area contributed by atoms with Gasteiger partial charge in [-0.1, -0.05) is 0 Å². The predicted octanol–water partition coefficient (Wildman–Crippen LogP) is -2.29. The minimum atomic E-state index is -1.57. The molecular formula is C8H15BrO7. The summed E-state index contributed by atoms with van der Waals surface area (Å²) in [5.41, 5.74) is 0. The molecule has 0 aromatic carbocycles. The van der Waals surface area contributed by atoms with Crippen LogP contribution in [0, 0.1) is 0 Å². The Hall–Kier alpha value is -0.0900. The molecule has 0 bridgehead atoms. The molecule has 5 N–H and O–H groups in total. The van der Waals surface area contributed by atoms with Gasteiger partial charge in [0.1, 0.15) is 24.4 Å². The van der Waals surface area contributed by atoms with Crippen LogP contribution in [-0.2, 0) is 9.53 Å². The van der Waals surface area contributed by atoms with Gasteiger partial charge in [-0.05, 0) is 15.9 Å². The molecule has 1 aliphatic rings. The summed E-state index contributed by atoms with van der Waals surface area (Å²) >= 11 is 2.63. The minimum absolute atomic E-state index is 0.0208. The molecule has 0 aromatic heterocycles. The summed E-state index contributed by atoms with van der Waals surface area (Å²) in [6, 6.07) is 0. The Balaban J connectivity index is 0.000000487. The van der Waals surface area contributed by atoms with E-state index in [0.29, 0.717) is 0 Å². The molecule has 1 heterocycles. The summed E-state index contributed by atoms with van der Waals surface area (Å²) in [5, 5.41) is 44.7. The first-order valence-corrected chi connectivity index (χ1v) is 5.25. The quantitative estimate of drug-likeness (QED) is 0.345. The first-order valence-electron chi connectivity index (χ1n) is 4.46. The van der Waals surface area contributed by atoms with Gasteiger partial charge in [0.2, 0.25) is 0 Å². The summed E-state index contributed by atoms with van der Waals surface area (Å²) in [5.74, 6) is 0. The maximum Gasteiger partial charge on any atom is 0.194 e. The number of rotatable bonds is 1. The molecule has 0 aromatic rings. The fourth-order valence-corrected chi connectivity index (χ4v) is 1.08. The van der Waals surface area contributed by atoms with E-state index in [-0.39, 0.29) is 4.69 Å². The Morgan fingerprint density at radius 3 is 2.00 bits per heavy atom. The Labute approximate surface area is 100 Å². The summed E-state index contributed by atoms with van der Waals surface area (Å²) in [6.45, 7) is 0.919. The molecule has 0 aliphatic carbocycles. The standard InChI is InChI=1S/C6H12O6.C2H3BrO/c7-1-2-3(8)4(9)5(10)6(11)12-2;1-2(3)4/h2-11H,1H2;1H3/t2-,3-,4+,5-,6+;/m1./s1. The fraction of sp³-hybridized carbons (Fsp3) is 0.875. The van der Waals surface area contributed by atoms with E-state index in [1.54, 1.807) is 0 Å². The zero-order chi connectivity index (χ0) is 12.9. The molecule has 7 nitrogen and oxygen atoms in total. The summed E-state index contributed by atoms with van der Waals surface area (Å²) in [6.07, 6.45) is -7.04. The lowest BCUT2D eigenvalue weighted by molar-refractivity contribution is -0.286. The lowest BCUT2D eigenvalue weighted by Gasteiger charge is -2.37. The van der Waals surface area contributed by atoms with Gasteiger partial charge in [-0.25, -0.2) is 0 Å². The van der Waals surface area contributed by atoms with Gasteiger partial charge in [0.15, 0.2) is 11.0 Å². The normalized spacial score (nSPS) is 38.6. The van der Waals surface area contributed by atoms with Crippen LogP contribution in [0.15, 0.2) is 0 Å². The average Bonchev–Trinajstić information content (AvgIpc) is 2.19. The number of aliphatic hydroxyl groups excluding tert-OH is 5. The number of aliphatic hydroxyl groups is 5. The largest absolute Gasteiger partial charge is 0.394 e. The fourth-order valence-electron chi connectivity index (χ4n) is 1.08. The highest BCUT2D eigenvalue weighted by molar-refractivity contribution is 9.18. The van der Waals surface area contributed by atoms with Crippen LogP contribution in [0.4, 0.5) is 0 Å². The van der Waals surface area contributed by atoms with Crippen LogP contribution in [0.1, 0.15) is 6.92 Å². The van der Waals surface area contributed by atoms with Gasteiger partial charge >= 0.3 is 0 Å². The molecule has 1 rings (SSSR count). The Morgan fingerprint density at radius 2 is 1.62 bits per heavy atom. The van der Waals surface area contributed by atoms with Gasteiger partial charge in [-0.2, -0.15) is 0 Å². The van der Waals surface area contributed by atoms with Gasteiger partial charge in [0, 0.05) is 6.92 Å². The van der Waals surface area contributed by atoms with Crippen LogP contribution < -0.4 is 0 Å². The summed E-state index contributed by atoms with van der Waals surface area (Å²) in [7, 11) is 0. The number of hydrogen-bond acceptors (Lipinski definition) is 7. The highest BCUT2D eigenvalue weighted by Crippen LogP contribution is 2.18. The Kier molecular flexibility index (Phi) is 7.24. The van der Waals surface area contributed by atoms with E-state index in [4.69, 9.17) is 25.5 Å². The molecule has 1 saturated heterocycles. The molecule has 5 atom stereocenters. The number of ether oxygens (including phenoxy) is 1. The van der Waals surface area contributed by atoms with Crippen LogP contribution in [-0.4, -0.2) is 67.5 Å². The van der Waals surface area contributed by atoms with Gasteiger partial charge in [0.05, 0.1) is 6.61 Å². The van der Waals surface area contributed by atoms with Crippen molar-refractivity contribution in [1.29, 1.82) is 0 Å². The van der Waals surface area contributed by atoms with Crippen molar-refractivity contribution in [2.75, 3.05) is 6.61 Å². The van der Waals surface area contributed by atoms with Gasteiger partial charge in [-0.15, -0.1) is 0 Å². The van der Waals surface area contributed by atoms with Crippen LogP contribution in [0.2, 0.25) is 0 Å². The molecule has 1 aliphatic heterocycles. The lowest BCUT2D eigenvalue weighted by atomic mass is 10.00. The van der Waals surface area contributed by atoms with E-state index in [0.717, 1.165) is 0 Å². The van der Waals surface area contributed by atoms with E-state index in [2.05, 4.69) is 20.7 Å². The van der Waals surface area contributed by atoms with Crippen LogP contribution in [0.3, 0.4) is 0 Å². The van der Waals surface area contributed by atoms with Gasteiger partial charge < -0.3 is 30.3 Å². The molecule has 96 valence electrons. The van der Waals surface area contributed by atoms with Crippen LogP contribution in [0.25, 0.3) is 0 Å². The lowest BCUT2D eigenvalue weighted by Crippen LogP contribution is -2.58. The summed E-state index contributed by atoms with van der Waals surface area (Å²) in [4.78, 5) is 9.36. The minimum Gasteiger partial charge on any atom is -0.394 e. The van der Waals surface area contributed by atoms with Gasteiger partial charge in [-0.3, -0.25) is 4.79 Å². The monoisotopic (exact) mass is 302 g/mol. The molecule has 0 spiro atoms. The van der Waals surface area contributed by atoms with E-state index in [1.165, 1.54) is 6.92 Å². The zero-order valence-electron chi connectivity index (χ0n) is 8.52. The van der Waals surface area contributed by atoms with Crippen molar-refractivity contribution in [3.8, 4) is 0 Å². The van der Waals surface area contributed by atoms with Crippen molar-refractivity contribution >= 4 is 20.6 Å². The molecule has 0 unspecified atom stereocenters. The smallest absolute Gasteiger partial charge is 0.194 e. The average molecular weight is 303 g/mol.